The fraction of sp³-hybridized carbons (Fsp3) is 0.357. The van der Waals surface area contributed by atoms with Crippen molar-refractivity contribution in [2.24, 2.45) is 0 Å². The van der Waals surface area contributed by atoms with Gasteiger partial charge in [-0.25, -0.2) is 9.07 Å². The molecule has 10 heteroatoms. The molecule has 4 aromatic rings. The summed E-state index contributed by atoms with van der Waals surface area (Å²) >= 11 is 6.70. The number of pyridine rings is 1. The van der Waals surface area contributed by atoms with Crippen molar-refractivity contribution < 1.29 is 10.9 Å². The third-order valence-corrected chi connectivity index (χ3v) is 7.42. The summed E-state index contributed by atoms with van der Waals surface area (Å²) in [5.74, 6) is -0.407. The van der Waals surface area contributed by atoms with Crippen LogP contribution in [0.5, 0.6) is 0 Å². The van der Waals surface area contributed by atoms with E-state index in [4.69, 9.17) is 11.6 Å². The van der Waals surface area contributed by atoms with Gasteiger partial charge in [0, 0.05) is 23.3 Å². The Morgan fingerprint density at radius 3 is 2.76 bits per heavy atom. The number of fused-ring (bicyclic) bond motifs is 1. The van der Waals surface area contributed by atoms with Gasteiger partial charge in [0.25, 0.3) is 0 Å². The molecule has 0 unspecified atom stereocenters. The molecule has 0 saturated heterocycles. The lowest BCUT2D eigenvalue weighted by Gasteiger charge is -2.28. The Bertz CT molecular complexity index is 1570. The van der Waals surface area contributed by atoms with Crippen LogP contribution >= 0.6 is 11.6 Å². The van der Waals surface area contributed by atoms with Crippen molar-refractivity contribution in [1.82, 2.24) is 20.0 Å². The summed E-state index contributed by atoms with van der Waals surface area (Å²) in [6.45, 7) is 0. The summed E-state index contributed by atoms with van der Waals surface area (Å²) in [5.41, 5.74) is 2.79. The molecule has 8 nitrogen and oxygen atoms in total. The summed E-state index contributed by atoms with van der Waals surface area (Å²) in [6, 6.07) is 10.1. The third kappa shape index (κ3) is 5.02. The second-order valence-corrected chi connectivity index (χ2v) is 10.4. The van der Waals surface area contributed by atoms with Crippen molar-refractivity contribution in [2.75, 3.05) is 10.6 Å². The van der Waals surface area contributed by atoms with Gasteiger partial charge in [-0.1, -0.05) is 28.9 Å². The first-order chi connectivity index (χ1) is 18.8. The molecule has 0 aliphatic heterocycles. The Balaban J connectivity index is 1.44. The summed E-state index contributed by atoms with van der Waals surface area (Å²) in [4.78, 5) is 4.43. The molecule has 0 amide bonds. The molecule has 3 atom stereocenters. The molecule has 38 heavy (non-hydrogen) atoms. The maximum Gasteiger partial charge on any atom is 0.123 e. The highest BCUT2D eigenvalue weighted by atomic mass is 35.5. The second kappa shape index (κ2) is 10.2. The van der Waals surface area contributed by atoms with Crippen LogP contribution in [0.3, 0.4) is 0 Å². The normalized spacial score (nSPS) is 21.4. The Labute approximate surface area is 225 Å². The quantitative estimate of drug-likeness (QED) is 0.278. The van der Waals surface area contributed by atoms with Gasteiger partial charge in [-0.05, 0) is 68.4 Å². The SMILES string of the molecule is [2H][C@](Nc1cc(Cl)c2ncc(C#N)c(N[C@H]3CCC[C@@H](O)C3)c2c1)(c1ccc(F)cc1)c1cn(C2CC2)nn1. The van der Waals surface area contributed by atoms with Gasteiger partial charge in [0.05, 0.1) is 47.5 Å². The smallest absolute Gasteiger partial charge is 0.123 e. The highest BCUT2D eigenvalue weighted by Crippen LogP contribution is 2.38. The van der Waals surface area contributed by atoms with Gasteiger partial charge in [0.1, 0.15) is 17.6 Å². The third-order valence-electron chi connectivity index (χ3n) is 7.13. The number of nitriles is 1. The van der Waals surface area contributed by atoms with Crippen molar-refractivity contribution in [3.8, 4) is 6.07 Å². The Morgan fingerprint density at radius 1 is 1.21 bits per heavy atom. The largest absolute Gasteiger partial charge is 0.393 e. The minimum absolute atomic E-state index is 0.00575. The van der Waals surface area contributed by atoms with Gasteiger partial charge >= 0.3 is 0 Å². The van der Waals surface area contributed by atoms with Gasteiger partial charge < -0.3 is 15.7 Å². The molecule has 0 spiro atoms. The highest BCUT2D eigenvalue weighted by molar-refractivity contribution is 6.35. The molecular weight excluding hydrogens is 505 g/mol. The predicted octanol–water partition coefficient (Wildman–Crippen LogP) is 5.74. The fourth-order valence-electron chi connectivity index (χ4n) is 5.03. The lowest BCUT2D eigenvalue weighted by Crippen LogP contribution is -2.30. The van der Waals surface area contributed by atoms with Crippen LogP contribution in [0.15, 0.2) is 48.8 Å². The number of nitrogens with one attached hydrogen (secondary N) is 2. The minimum Gasteiger partial charge on any atom is -0.393 e. The van der Waals surface area contributed by atoms with E-state index in [0.717, 1.165) is 32.1 Å². The van der Waals surface area contributed by atoms with Crippen molar-refractivity contribution in [1.29, 1.82) is 5.26 Å². The van der Waals surface area contributed by atoms with Gasteiger partial charge in [0.2, 0.25) is 0 Å². The lowest BCUT2D eigenvalue weighted by molar-refractivity contribution is 0.124. The monoisotopic (exact) mass is 532 g/mol. The van der Waals surface area contributed by atoms with E-state index >= 15 is 0 Å². The number of aliphatic hydroxyl groups excluding tert-OH is 1. The summed E-state index contributed by atoms with van der Waals surface area (Å²) < 4.78 is 25.1. The topological polar surface area (TPSA) is 112 Å². The average Bonchev–Trinajstić information content (AvgIpc) is 3.65. The lowest BCUT2D eigenvalue weighted by atomic mass is 9.92. The van der Waals surface area contributed by atoms with Crippen molar-refractivity contribution in [3.05, 3.63) is 76.5 Å². The molecule has 2 saturated carbocycles. The first-order valence-corrected chi connectivity index (χ1v) is 13.2. The second-order valence-electron chi connectivity index (χ2n) is 10.00. The molecular formula is C28H27ClFN7O. The summed E-state index contributed by atoms with van der Waals surface area (Å²) in [6.07, 6.45) is 7.98. The van der Waals surface area contributed by atoms with E-state index in [1.54, 1.807) is 35.1 Å². The number of hydrogen-bond donors (Lipinski definition) is 3. The van der Waals surface area contributed by atoms with E-state index in [2.05, 4.69) is 32.0 Å². The zero-order chi connectivity index (χ0) is 27.1. The molecule has 194 valence electrons. The zero-order valence-corrected chi connectivity index (χ0v) is 21.3. The van der Waals surface area contributed by atoms with Crippen LogP contribution in [0.2, 0.25) is 5.02 Å². The zero-order valence-electron chi connectivity index (χ0n) is 21.5. The number of anilines is 2. The van der Waals surface area contributed by atoms with E-state index in [1.807, 2.05) is 0 Å². The molecule has 2 aromatic heterocycles. The molecule has 2 aromatic carbocycles. The molecule has 2 heterocycles. The molecule has 0 bridgehead atoms. The minimum atomic E-state index is -1.61. The Morgan fingerprint density at radius 2 is 2.03 bits per heavy atom. The molecule has 2 fully saturated rings. The van der Waals surface area contributed by atoms with Crippen LogP contribution < -0.4 is 10.6 Å². The predicted molar refractivity (Wildman–Crippen MR) is 144 cm³/mol. The molecule has 3 N–H and O–H groups in total. The van der Waals surface area contributed by atoms with Crippen LogP contribution in [0.4, 0.5) is 15.8 Å². The average molecular weight is 533 g/mol. The van der Waals surface area contributed by atoms with Crippen molar-refractivity contribution >= 4 is 33.9 Å². The maximum atomic E-state index is 13.8. The molecule has 2 aliphatic rings. The van der Waals surface area contributed by atoms with Crippen LogP contribution in [0.25, 0.3) is 10.9 Å². The first-order valence-electron chi connectivity index (χ1n) is 13.3. The number of rotatable bonds is 7. The van der Waals surface area contributed by atoms with E-state index in [1.165, 1.54) is 18.3 Å². The fourth-order valence-corrected chi connectivity index (χ4v) is 5.29. The van der Waals surface area contributed by atoms with Gasteiger partial charge in [-0.2, -0.15) is 5.26 Å². The standard InChI is InChI=1S/C28H27ClFN7O/c29-24-12-20(11-23-26(17(13-31)14-32-28(23)24)33-19-2-1-3-22(38)10-19)34-27(16-4-6-18(30)7-5-16)25-15-37(36-35-25)21-8-9-21/h4-7,11-12,14-15,19,21-22,27,34,38H,1-3,8-10H2,(H,32,33)/t19-,22+,27-/m0/s1/i27D. The number of aromatic nitrogens is 4. The van der Waals surface area contributed by atoms with Crippen molar-refractivity contribution in [3.63, 3.8) is 0 Å². The van der Waals surface area contributed by atoms with Gasteiger partial charge in [-0.15, -0.1) is 5.10 Å². The number of aliphatic hydroxyl groups is 1. The number of benzene rings is 2. The van der Waals surface area contributed by atoms with E-state index < -0.39 is 11.8 Å². The highest BCUT2D eigenvalue weighted by Gasteiger charge is 2.27. The van der Waals surface area contributed by atoms with Crippen molar-refractivity contribution in [2.45, 2.75) is 62.7 Å². The van der Waals surface area contributed by atoms with E-state index in [0.29, 0.717) is 50.5 Å². The maximum absolute atomic E-state index is 13.8. The molecule has 0 radical (unpaired) electrons. The van der Waals surface area contributed by atoms with E-state index in [9.17, 15) is 16.1 Å². The van der Waals surface area contributed by atoms with Gasteiger partial charge in [0.15, 0.2) is 0 Å². The van der Waals surface area contributed by atoms with Crippen LogP contribution in [0.1, 0.15) is 68.8 Å². The number of hydrogen-bond acceptors (Lipinski definition) is 7. The Kier molecular flexibility index (Phi) is 6.27. The van der Waals surface area contributed by atoms with E-state index in [-0.39, 0.29) is 18.2 Å². The molecule has 6 rings (SSSR count). The number of halogens is 2. The van der Waals surface area contributed by atoms with Crippen LogP contribution in [-0.2, 0) is 0 Å². The summed E-state index contributed by atoms with van der Waals surface area (Å²) in [5, 5.41) is 36.2. The van der Waals surface area contributed by atoms with Crippen LogP contribution in [0, 0.1) is 17.1 Å². The Hall–Kier alpha value is -3.74. The van der Waals surface area contributed by atoms with Gasteiger partial charge in [-0.3, -0.25) is 4.98 Å². The van der Waals surface area contributed by atoms with Crippen LogP contribution in [-0.4, -0.2) is 37.2 Å². The first kappa shape index (κ1) is 23.4. The summed E-state index contributed by atoms with van der Waals surface area (Å²) in [7, 11) is 0. The molecule has 2 aliphatic carbocycles. The number of nitrogens with zero attached hydrogens (tertiary/aromatic N) is 5.